The summed E-state index contributed by atoms with van der Waals surface area (Å²) in [5.74, 6) is 2.58. The molecule has 0 aliphatic carbocycles. The second-order valence-electron chi connectivity index (χ2n) is 8.01. The molecule has 2 aromatic rings. The van der Waals surface area contributed by atoms with Gasteiger partial charge in [0.1, 0.15) is 18.5 Å². The number of rotatable bonds is 4. The maximum Gasteiger partial charge on any atom is 0.254 e. The van der Waals surface area contributed by atoms with Gasteiger partial charge in [0.15, 0.2) is 11.5 Å². The van der Waals surface area contributed by atoms with Crippen molar-refractivity contribution in [3.63, 3.8) is 0 Å². The molecule has 2 aromatic carbocycles. The Morgan fingerprint density at radius 2 is 2.03 bits per heavy atom. The molecule has 0 N–H and O–H groups in total. The molecule has 6 heteroatoms. The van der Waals surface area contributed by atoms with Gasteiger partial charge in [-0.3, -0.25) is 9.69 Å². The molecule has 1 fully saturated rings. The van der Waals surface area contributed by atoms with Crippen molar-refractivity contribution in [3.8, 4) is 17.2 Å². The van der Waals surface area contributed by atoms with E-state index in [-0.39, 0.29) is 18.1 Å². The van der Waals surface area contributed by atoms with Gasteiger partial charge in [-0.25, -0.2) is 0 Å². The van der Waals surface area contributed by atoms with E-state index in [1.54, 1.807) is 7.11 Å². The highest BCUT2D eigenvalue weighted by atomic mass is 16.6. The largest absolute Gasteiger partial charge is 0.497 e. The molecule has 0 saturated carbocycles. The first-order chi connectivity index (χ1) is 14.2. The number of hydrogen-bond donors (Lipinski definition) is 0. The summed E-state index contributed by atoms with van der Waals surface area (Å²) in [6.45, 7) is 3.94. The third-order valence-electron chi connectivity index (χ3n) is 6.10. The summed E-state index contributed by atoms with van der Waals surface area (Å²) in [5.41, 5.74) is 1.87. The number of carbonyl (C=O) groups is 1. The van der Waals surface area contributed by atoms with Crippen molar-refractivity contribution in [2.75, 3.05) is 33.4 Å². The molecule has 29 heavy (non-hydrogen) atoms. The van der Waals surface area contributed by atoms with Crippen LogP contribution < -0.4 is 14.2 Å². The maximum atomic E-state index is 13.0. The van der Waals surface area contributed by atoms with Gasteiger partial charge in [-0.1, -0.05) is 12.1 Å². The third kappa shape index (κ3) is 3.53. The first-order valence-corrected chi connectivity index (χ1v) is 10.3. The van der Waals surface area contributed by atoms with Gasteiger partial charge in [0.25, 0.3) is 5.91 Å². The monoisotopic (exact) mass is 394 g/mol. The van der Waals surface area contributed by atoms with Crippen molar-refractivity contribution in [1.29, 1.82) is 0 Å². The minimum Gasteiger partial charge on any atom is -0.497 e. The molecule has 3 heterocycles. The Morgan fingerprint density at radius 3 is 2.90 bits per heavy atom. The minimum atomic E-state index is 0.0133. The summed E-state index contributed by atoms with van der Waals surface area (Å²) >= 11 is 0. The molecular formula is C23H26N2O4. The molecule has 152 valence electrons. The Morgan fingerprint density at radius 1 is 1.17 bits per heavy atom. The zero-order chi connectivity index (χ0) is 19.8. The zero-order valence-electron chi connectivity index (χ0n) is 16.7. The van der Waals surface area contributed by atoms with Crippen molar-refractivity contribution in [3.05, 3.63) is 53.6 Å². The predicted molar refractivity (Wildman–Crippen MR) is 109 cm³/mol. The Bertz CT molecular complexity index is 916. The standard InChI is InChI=1S/C23H26N2O4/c1-27-18-8-9-20-16(11-18)12-25(23(20)26)17-5-4-10-24(13-17)14-19-15-28-21-6-2-3-7-22(21)29-19/h2-3,6-9,11,17,19H,4-5,10,12-15H2,1H3. The van der Waals surface area contributed by atoms with Gasteiger partial charge < -0.3 is 19.1 Å². The fourth-order valence-electron chi connectivity index (χ4n) is 4.63. The van der Waals surface area contributed by atoms with Gasteiger partial charge in [-0.15, -0.1) is 0 Å². The van der Waals surface area contributed by atoms with Gasteiger partial charge in [0.2, 0.25) is 0 Å². The quantitative estimate of drug-likeness (QED) is 0.798. The highest BCUT2D eigenvalue weighted by molar-refractivity contribution is 5.98. The molecular weight excluding hydrogens is 368 g/mol. The first-order valence-electron chi connectivity index (χ1n) is 10.3. The molecule has 0 radical (unpaired) electrons. The fraction of sp³-hybridized carbons (Fsp3) is 0.435. The number of methoxy groups -OCH3 is 1. The van der Waals surface area contributed by atoms with Crippen LogP contribution in [0, 0.1) is 0 Å². The highest BCUT2D eigenvalue weighted by Crippen LogP contribution is 2.33. The molecule has 0 spiro atoms. The van der Waals surface area contributed by atoms with E-state index in [9.17, 15) is 4.79 Å². The van der Waals surface area contributed by atoms with Crippen LogP contribution in [0.15, 0.2) is 42.5 Å². The van der Waals surface area contributed by atoms with E-state index in [0.29, 0.717) is 13.2 Å². The summed E-state index contributed by atoms with van der Waals surface area (Å²) in [5, 5.41) is 0. The average molecular weight is 394 g/mol. The smallest absolute Gasteiger partial charge is 0.254 e. The van der Waals surface area contributed by atoms with E-state index in [4.69, 9.17) is 14.2 Å². The number of hydrogen-bond acceptors (Lipinski definition) is 5. The highest BCUT2D eigenvalue weighted by Gasteiger charge is 2.36. The number of fused-ring (bicyclic) bond motifs is 2. The van der Waals surface area contributed by atoms with E-state index in [2.05, 4.69) is 4.90 Å². The van der Waals surface area contributed by atoms with E-state index < -0.39 is 0 Å². The maximum absolute atomic E-state index is 13.0. The van der Waals surface area contributed by atoms with E-state index >= 15 is 0 Å². The van der Waals surface area contributed by atoms with Crippen molar-refractivity contribution < 1.29 is 19.0 Å². The molecule has 6 nitrogen and oxygen atoms in total. The molecule has 2 atom stereocenters. The molecule has 3 aliphatic rings. The average Bonchev–Trinajstić information content (AvgIpc) is 3.09. The lowest BCUT2D eigenvalue weighted by molar-refractivity contribution is 0.0306. The SMILES string of the molecule is COc1ccc2c(c1)CN(C1CCCN(CC3COc4ccccc4O3)C1)C2=O. The van der Waals surface area contributed by atoms with Crippen molar-refractivity contribution >= 4 is 5.91 Å². The molecule has 0 aromatic heterocycles. The van der Waals surface area contributed by atoms with Crippen LogP contribution in [0.3, 0.4) is 0 Å². The summed E-state index contributed by atoms with van der Waals surface area (Å²) in [4.78, 5) is 17.4. The van der Waals surface area contributed by atoms with E-state index in [0.717, 1.165) is 60.9 Å². The van der Waals surface area contributed by atoms with Crippen LogP contribution in [-0.2, 0) is 6.54 Å². The van der Waals surface area contributed by atoms with E-state index in [1.807, 2.05) is 47.4 Å². The molecule has 3 aliphatic heterocycles. The fourth-order valence-corrected chi connectivity index (χ4v) is 4.63. The lowest BCUT2D eigenvalue weighted by atomic mass is 10.0. The zero-order valence-corrected chi connectivity index (χ0v) is 16.7. The summed E-state index contributed by atoms with van der Waals surface area (Å²) in [6.07, 6.45) is 2.13. The van der Waals surface area contributed by atoms with Crippen LogP contribution in [0.4, 0.5) is 0 Å². The number of para-hydroxylation sites is 2. The topological polar surface area (TPSA) is 51.2 Å². The second kappa shape index (κ2) is 7.59. The Hall–Kier alpha value is -2.73. The predicted octanol–water partition coefficient (Wildman–Crippen LogP) is 2.96. The Labute approximate surface area is 171 Å². The number of piperidine rings is 1. The number of carbonyl (C=O) groups excluding carboxylic acids is 1. The third-order valence-corrected chi connectivity index (χ3v) is 6.10. The molecule has 1 saturated heterocycles. The van der Waals surface area contributed by atoms with Gasteiger partial charge >= 0.3 is 0 Å². The summed E-state index contributed by atoms with van der Waals surface area (Å²) in [6, 6.07) is 13.8. The second-order valence-corrected chi connectivity index (χ2v) is 8.01. The van der Waals surface area contributed by atoms with Crippen LogP contribution in [0.5, 0.6) is 17.2 Å². The van der Waals surface area contributed by atoms with Crippen LogP contribution in [0.25, 0.3) is 0 Å². The number of ether oxygens (including phenoxy) is 3. The molecule has 2 unspecified atom stereocenters. The van der Waals surface area contributed by atoms with Gasteiger partial charge in [0.05, 0.1) is 7.11 Å². The summed E-state index contributed by atoms with van der Waals surface area (Å²) < 4.78 is 17.3. The molecule has 1 amide bonds. The van der Waals surface area contributed by atoms with Crippen LogP contribution in [0.2, 0.25) is 0 Å². The van der Waals surface area contributed by atoms with Gasteiger partial charge in [0, 0.05) is 31.2 Å². The molecule has 0 bridgehead atoms. The number of nitrogens with zero attached hydrogens (tertiary/aromatic N) is 2. The van der Waals surface area contributed by atoms with Gasteiger partial charge in [-0.2, -0.15) is 0 Å². The molecule has 5 rings (SSSR count). The lowest BCUT2D eigenvalue weighted by Gasteiger charge is -2.39. The van der Waals surface area contributed by atoms with Crippen LogP contribution in [0.1, 0.15) is 28.8 Å². The van der Waals surface area contributed by atoms with Crippen LogP contribution in [-0.4, -0.2) is 61.2 Å². The van der Waals surface area contributed by atoms with Crippen molar-refractivity contribution in [1.82, 2.24) is 9.80 Å². The van der Waals surface area contributed by atoms with Crippen molar-refractivity contribution in [2.45, 2.75) is 31.5 Å². The number of amides is 1. The van der Waals surface area contributed by atoms with E-state index in [1.165, 1.54) is 0 Å². The van der Waals surface area contributed by atoms with Gasteiger partial charge in [-0.05, 0) is 55.3 Å². The Balaban J connectivity index is 1.23. The number of benzene rings is 2. The Kier molecular flexibility index (Phi) is 4.79. The lowest BCUT2D eigenvalue weighted by Crippen LogP contribution is -2.51. The minimum absolute atomic E-state index is 0.0133. The van der Waals surface area contributed by atoms with Crippen molar-refractivity contribution in [2.24, 2.45) is 0 Å². The van der Waals surface area contributed by atoms with Crippen LogP contribution >= 0.6 is 0 Å². The first kappa shape index (κ1) is 18.3. The summed E-state index contributed by atoms with van der Waals surface area (Å²) in [7, 11) is 1.66. The number of likely N-dealkylation sites (tertiary alicyclic amines) is 1. The normalized spacial score (nSPS) is 23.8.